The zero-order chi connectivity index (χ0) is 20.2. The number of aromatic nitrogens is 4. The van der Waals surface area contributed by atoms with Crippen LogP contribution in [0.15, 0.2) is 48.8 Å². The lowest BCUT2D eigenvalue weighted by molar-refractivity contribution is -0.0143. The average Bonchev–Trinajstić information content (AvgIpc) is 3.40. The summed E-state index contributed by atoms with van der Waals surface area (Å²) in [7, 11) is 1.96. The lowest BCUT2D eigenvalue weighted by atomic mass is 9.97. The molecule has 1 saturated carbocycles. The van der Waals surface area contributed by atoms with Crippen molar-refractivity contribution in [2.45, 2.75) is 31.2 Å². The maximum Gasteiger partial charge on any atom is 0.233 e. The fraction of sp³-hybridized carbons (Fsp3) is 0.381. The number of rotatable bonds is 4. The van der Waals surface area contributed by atoms with Gasteiger partial charge < -0.3 is 9.84 Å². The number of nitrogens with zero attached hydrogens (tertiary/aromatic N) is 5. The Bertz CT molecular complexity index is 1030. The molecule has 4 atom stereocenters. The predicted molar refractivity (Wildman–Crippen MR) is 105 cm³/mol. The first-order valence-electron chi connectivity index (χ1n) is 9.65. The Kier molecular flexibility index (Phi) is 4.06. The van der Waals surface area contributed by atoms with Crippen molar-refractivity contribution in [3.8, 4) is 28.6 Å². The number of phenolic OH excluding ortho intramolecular Hbond substituents is 1. The molecule has 5 rings (SSSR count). The lowest BCUT2D eigenvalue weighted by Gasteiger charge is -2.38. The first-order valence-corrected chi connectivity index (χ1v) is 9.65. The van der Waals surface area contributed by atoms with Crippen molar-refractivity contribution in [2.24, 2.45) is 5.92 Å². The summed E-state index contributed by atoms with van der Waals surface area (Å²) in [4.78, 5) is 2.08. The molecule has 2 aromatic heterocycles. The summed E-state index contributed by atoms with van der Waals surface area (Å²) >= 11 is 0. The summed E-state index contributed by atoms with van der Waals surface area (Å²) in [5.74, 6) is 0.530. The van der Waals surface area contributed by atoms with Crippen LogP contribution in [0, 0.1) is 5.92 Å². The van der Waals surface area contributed by atoms with E-state index in [1.807, 2.05) is 26.1 Å². The number of likely N-dealkylation sites (tertiary alicyclic amines) is 1. The van der Waals surface area contributed by atoms with Gasteiger partial charge in [-0.15, -0.1) is 10.2 Å². The van der Waals surface area contributed by atoms with E-state index in [1.54, 1.807) is 41.3 Å². The van der Waals surface area contributed by atoms with Crippen LogP contribution in [0.4, 0.5) is 4.39 Å². The van der Waals surface area contributed by atoms with Crippen LogP contribution in [0.3, 0.4) is 0 Å². The van der Waals surface area contributed by atoms with Crippen LogP contribution in [0.25, 0.3) is 16.9 Å². The number of hydrogen-bond acceptors (Lipinski definition) is 6. The molecule has 1 aliphatic carbocycles. The Balaban J connectivity index is 1.34. The highest BCUT2D eigenvalue weighted by atomic mass is 19.1. The molecule has 1 N–H and O–H groups in total. The molecule has 1 aromatic carbocycles. The fourth-order valence-electron chi connectivity index (χ4n) is 4.57. The Morgan fingerprint density at radius 1 is 1.24 bits per heavy atom. The third-order valence-electron chi connectivity index (χ3n) is 6.33. The molecule has 2 fully saturated rings. The highest BCUT2D eigenvalue weighted by molar-refractivity contribution is 5.68. The van der Waals surface area contributed by atoms with Crippen molar-refractivity contribution < 1.29 is 14.2 Å². The quantitative estimate of drug-likeness (QED) is 0.732. The van der Waals surface area contributed by atoms with Gasteiger partial charge in [0.2, 0.25) is 5.88 Å². The van der Waals surface area contributed by atoms with E-state index in [0.29, 0.717) is 17.1 Å². The fourth-order valence-corrected chi connectivity index (χ4v) is 4.57. The topological polar surface area (TPSA) is 76.3 Å². The predicted octanol–water partition coefficient (Wildman–Crippen LogP) is 2.84. The van der Waals surface area contributed by atoms with E-state index in [0.717, 1.165) is 18.7 Å². The average molecular weight is 395 g/mol. The molecule has 3 heterocycles. The van der Waals surface area contributed by atoms with Gasteiger partial charge in [0.15, 0.2) is 6.17 Å². The molecule has 1 saturated heterocycles. The van der Waals surface area contributed by atoms with Crippen molar-refractivity contribution in [3.63, 3.8) is 0 Å². The zero-order valence-corrected chi connectivity index (χ0v) is 16.2. The Morgan fingerprint density at radius 3 is 2.72 bits per heavy atom. The zero-order valence-electron chi connectivity index (χ0n) is 16.2. The van der Waals surface area contributed by atoms with Crippen LogP contribution in [0.5, 0.6) is 11.6 Å². The lowest BCUT2D eigenvalue weighted by Crippen LogP contribution is -2.54. The van der Waals surface area contributed by atoms with Crippen molar-refractivity contribution in [3.05, 3.63) is 48.8 Å². The van der Waals surface area contributed by atoms with Gasteiger partial charge in [-0.3, -0.25) is 4.90 Å². The van der Waals surface area contributed by atoms with E-state index in [4.69, 9.17) is 4.74 Å². The standard InChI is InChI=1S/C21H22FN5O2/c1-21-11-13(12-26(21)2)19(20(21)22)29-18-7-6-16(24-25-18)15-5-4-14(10-17(15)28)27-9-3-8-23-27/h3-10,13,19-20,28H,11-12H2,1-2H3/t13-,19-,20-,21-/m0/s1. The van der Waals surface area contributed by atoms with Crippen LogP contribution in [0.2, 0.25) is 0 Å². The van der Waals surface area contributed by atoms with Crippen LogP contribution < -0.4 is 4.74 Å². The molecule has 1 aliphatic heterocycles. The second-order valence-corrected chi connectivity index (χ2v) is 8.10. The summed E-state index contributed by atoms with van der Waals surface area (Å²) in [6.45, 7) is 2.77. The molecule has 0 amide bonds. The van der Waals surface area contributed by atoms with Crippen molar-refractivity contribution in [1.29, 1.82) is 0 Å². The SMILES string of the molecule is CN1C[C@@H]2C[C@@]1(C)[C@@H](F)[C@H]2Oc1ccc(-c2ccc(-n3cccn3)cc2O)nn1. The summed E-state index contributed by atoms with van der Waals surface area (Å²) < 4.78 is 22.4. The summed E-state index contributed by atoms with van der Waals surface area (Å²) in [6.07, 6.45) is 2.69. The minimum Gasteiger partial charge on any atom is -0.507 e. The largest absolute Gasteiger partial charge is 0.507 e. The molecule has 8 heteroatoms. The Hall–Kier alpha value is -3.00. The van der Waals surface area contributed by atoms with E-state index in [1.165, 1.54) is 0 Å². The van der Waals surface area contributed by atoms with Gasteiger partial charge in [-0.05, 0) is 44.7 Å². The molecule has 2 aliphatic rings. The smallest absolute Gasteiger partial charge is 0.233 e. The molecule has 7 nitrogen and oxygen atoms in total. The van der Waals surface area contributed by atoms with Crippen LogP contribution in [0.1, 0.15) is 13.3 Å². The third kappa shape index (κ3) is 2.86. The Morgan fingerprint density at radius 2 is 2.10 bits per heavy atom. The number of alkyl halides is 1. The van der Waals surface area contributed by atoms with Gasteiger partial charge in [0, 0.05) is 42.6 Å². The number of ether oxygens (including phenoxy) is 1. The summed E-state index contributed by atoms with van der Waals surface area (Å²) in [5, 5.41) is 22.8. The van der Waals surface area contributed by atoms with Gasteiger partial charge in [-0.2, -0.15) is 5.10 Å². The molecule has 150 valence electrons. The van der Waals surface area contributed by atoms with E-state index in [9.17, 15) is 9.50 Å². The molecule has 0 radical (unpaired) electrons. The van der Waals surface area contributed by atoms with Gasteiger partial charge in [-0.25, -0.2) is 9.07 Å². The normalized spacial score (nSPS) is 28.7. The van der Waals surface area contributed by atoms with Crippen LogP contribution in [-0.2, 0) is 0 Å². The molecule has 3 aromatic rings. The minimum atomic E-state index is -1.06. The van der Waals surface area contributed by atoms with E-state index >= 15 is 0 Å². The molecule has 0 unspecified atom stereocenters. The van der Waals surface area contributed by atoms with Gasteiger partial charge in [0.1, 0.15) is 11.9 Å². The number of phenols is 1. The van der Waals surface area contributed by atoms with Gasteiger partial charge >= 0.3 is 0 Å². The van der Waals surface area contributed by atoms with Gasteiger partial charge in [-0.1, -0.05) is 0 Å². The molecule has 2 bridgehead atoms. The summed E-state index contributed by atoms with van der Waals surface area (Å²) in [6, 6.07) is 10.4. The molecule has 0 spiro atoms. The van der Waals surface area contributed by atoms with Gasteiger partial charge in [0.25, 0.3) is 0 Å². The maximum absolute atomic E-state index is 14.9. The number of piperidine rings is 1. The van der Waals surface area contributed by atoms with Crippen molar-refractivity contribution in [2.75, 3.05) is 13.6 Å². The highest BCUT2D eigenvalue weighted by Crippen LogP contribution is 2.48. The highest BCUT2D eigenvalue weighted by Gasteiger charge is 2.60. The molecular weight excluding hydrogens is 373 g/mol. The van der Waals surface area contributed by atoms with Crippen LogP contribution >= 0.6 is 0 Å². The minimum absolute atomic E-state index is 0.0776. The van der Waals surface area contributed by atoms with Crippen molar-refractivity contribution in [1.82, 2.24) is 24.9 Å². The van der Waals surface area contributed by atoms with Crippen molar-refractivity contribution >= 4 is 0 Å². The maximum atomic E-state index is 14.9. The number of halogens is 1. The first-order chi connectivity index (χ1) is 14.0. The number of fused-ring (bicyclic) bond motifs is 2. The number of benzene rings is 1. The monoisotopic (exact) mass is 395 g/mol. The second-order valence-electron chi connectivity index (χ2n) is 8.10. The third-order valence-corrected chi connectivity index (χ3v) is 6.33. The number of hydrogen-bond donors (Lipinski definition) is 1. The van der Waals surface area contributed by atoms with E-state index in [2.05, 4.69) is 20.2 Å². The van der Waals surface area contributed by atoms with E-state index < -0.39 is 17.8 Å². The second kappa shape index (κ2) is 6.52. The Labute approximate surface area is 167 Å². The summed E-state index contributed by atoms with van der Waals surface area (Å²) in [5.41, 5.74) is 1.34. The molecular formula is C21H22FN5O2. The molecule has 29 heavy (non-hydrogen) atoms. The van der Waals surface area contributed by atoms with Crippen LogP contribution in [-0.4, -0.2) is 61.4 Å². The first kappa shape index (κ1) is 18.1. The van der Waals surface area contributed by atoms with E-state index in [-0.39, 0.29) is 11.7 Å². The number of aromatic hydroxyl groups is 1. The van der Waals surface area contributed by atoms with Gasteiger partial charge in [0.05, 0.1) is 16.9 Å².